The minimum atomic E-state index is -0.184. The van der Waals surface area contributed by atoms with Crippen LogP contribution in [0.3, 0.4) is 0 Å². The van der Waals surface area contributed by atoms with E-state index in [1.807, 2.05) is 24.4 Å². The Morgan fingerprint density at radius 3 is 2.71 bits per heavy atom. The second kappa shape index (κ2) is 6.16. The molecule has 3 rings (SSSR count). The minimum Gasteiger partial charge on any atom is -0.322 e. The molecule has 0 aliphatic rings. The first kappa shape index (κ1) is 16.3. The second-order valence-electron chi connectivity index (χ2n) is 7.01. The van der Waals surface area contributed by atoms with Crippen LogP contribution in [-0.4, -0.2) is 24.5 Å². The Morgan fingerprint density at radius 2 is 1.96 bits per heavy atom. The number of fused-ring (bicyclic) bond motifs is 1. The van der Waals surface area contributed by atoms with Crippen molar-refractivity contribution in [3.8, 4) is 0 Å². The number of hydrogen-bond donors (Lipinski definition) is 1. The Bertz CT molecular complexity index is 905. The van der Waals surface area contributed by atoms with E-state index < -0.39 is 0 Å². The van der Waals surface area contributed by atoms with E-state index in [2.05, 4.69) is 36.1 Å². The van der Waals surface area contributed by atoms with Crippen molar-refractivity contribution in [3.63, 3.8) is 0 Å². The van der Waals surface area contributed by atoms with E-state index in [0.29, 0.717) is 24.0 Å². The summed E-state index contributed by atoms with van der Waals surface area (Å²) >= 11 is 0. The van der Waals surface area contributed by atoms with Crippen LogP contribution in [-0.2, 0) is 13.1 Å². The fourth-order valence-electron chi connectivity index (χ4n) is 2.48. The molecule has 0 bridgehead atoms. The Hall–Kier alpha value is -2.54. The van der Waals surface area contributed by atoms with Crippen molar-refractivity contribution in [2.24, 2.45) is 11.1 Å². The van der Waals surface area contributed by atoms with Crippen molar-refractivity contribution in [2.75, 3.05) is 0 Å². The molecule has 1 aromatic carbocycles. The van der Waals surface area contributed by atoms with E-state index in [9.17, 15) is 4.79 Å². The monoisotopic (exact) mass is 326 g/mol. The van der Waals surface area contributed by atoms with Crippen molar-refractivity contribution >= 4 is 10.9 Å². The molecule has 0 aliphatic heterocycles. The first-order chi connectivity index (χ1) is 11.4. The van der Waals surface area contributed by atoms with E-state index in [1.54, 1.807) is 21.6 Å². The fraction of sp³-hybridized carbons (Fsp3) is 0.412. The zero-order chi connectivity index (χ0) is 17.3. The van der Waals surface area contributed by atoms with Crippen LogP contribution in [0.4, 0.5) is 0 Å². The number of nitrogens with two attached hydrogens (primary N) is 1. The number of benzene rings is 1. The molecule has 2 aromatic heterocycles. The van der Waals surface area contributed by atoms with E-state index in [-0.39, 0.29) is 17.0 Å². The van der Waals surface area contributed by atoms with E-state index in [0.717, 1.165) is 5.69 Å². The summed E-state index contributed by atoms with van der Waals surface area (Å²) in [7, 11) is 0. The molecular weight excluding hydrogens is 304 g/mol. The van der Waals surface area contributed by atoms with Gasteiger partial charge in [0.1, 0.15) is 0 Å². The lowest BCUT2D eigenvalue weighted by Crippen LogP contribution is -2.26. The van der Waals surface area contributed by atoms with Gasteiger partial charge in [0.05, 0.1) is 41.7 Å². The summed E-state index contributed by atoms with van der Waals surface area (Å²) in [5.74, 6) is 0. The predicted octanol–water partition coefficient (Wildman–Crippen LogP) is 1.73. The number of nitrogens with zero attached hydrogens (tertiary/aromatic N) is 5. The van der Waals surface area contributed by atoms with E-state index in [1.165, 1.54) is 0 Å². The fourth-order valence-corrected chi connectivity index (χ4v) is 2.48. The van der Waals surface area contributed by atoms with Gasteiger partial charge in [-0.25, -0.2) is 4.98 Å². The van der Waals surface area contributed by atoms with Crippen molar-refractivity contribution in [3.05, 3.63) is 52.8 Å². The third-order valence-corrected chi connectivity index (χ3v) is 4.11. The van der Waals surface area contributed by atoms with Gasteiger partial charge >= 0.3 is 0 Å². The van der Waals surface area contributed by atoms with Crippen LogP contribution in [0, 0.1) is 5.41 Å². The van der Waals surface area contributed by atoms with Gasteiger partial charge in [0.15, 0.2) is 0 Å². The van der Waals surface area contributed by atoms with Crippen LogP contribution < -0.4 is 11.3 Å². The number of hydrogen-bond acceptors (Lipinski definition) is 5. The van der Waals surface area contributed by atoms with E-state index in [4.69, 9.17) is 5.73 Å². The average molecular weight is 326 g/mol. The molecule has 2 N–H and O–H groups in total. The summed E-state index contributed by atoms with van der Waals surface area (Å²) in [6.07, 6.45) is 3.42. The van der Waals surface area contributed by atoms with Crippen molar-refractivity contribution in [1.29, 1.82) is 0 Å². The quantitative estimate of drug-likeness (QED) is 0.788. The molecule has 0 fully saturated rings. The van der Waals surface area contributed by atoms with Gasteiger partial charge in [-0.1, -0.05) is 38.1 Å². The Kier molecular flexibility index (Phi) is 4.19. The minimum absolute atomic E-state index is 0.0488. The van der Waals surface area contributed by atoms with Gasteiger partial charge in [0.2, 0.25) is 0 Å². The second-order valence-corrected chi connectivity index (χ2v) is 7.01. The summed E-state index contributed by atoms with van der Waals surface area (Å²) in [5.41, 5.74) is 7.53. The first-order valence-electron chi connectivity index (χ1n) is 7.96. The summed E-state index contributed by atoms with van der Waals surface area (Å²) in [5, 5.41) is 8.88. The maximum atomic E-state index is 12.5. The van der Waals surface area contributed by atoms with Crippen LogP contribution in [0.15, 0.2) is 41.6 Å². The number of aromatic nitrogens is 5. The number of aryl methyl sites for hydroxylation is 2. The van der Waals surface area contributed by atoms with Gasteiger partial charge in [0.25, 0.3) is 5.56 Å². The topological polar surface area (TPSA) is 91.6 Å². The Labute approximate surface area is 140 Å². The summed E-state index contributed by atoms with van der Waals surface area (Å²) in [6.45, 7) is 7.21. The summed E-state index contributed by atoms with van der Waals surface area (Å²) < 4.78 is 3.30. The lowest BCUT2D eigenvalue weighted by atomic mass is 9.86. The molecule has 0 saturated heterocycles. The molecule has 2 heterocycles. The van der Waals surface area contributed by atoms with Gasteiger partial charge in [-0.2, -0.15) is 0 Å². The zero-order valence-electron chi connectivity index (χ0n) is 14.2. The normalized spacial score (nSPS) is 13.3. The molecule has 24 heavy (non-hydrogen) atoms. The summed E-state index contributed by atoms with van der Waals surface area (Å²) in [4.78, 5) is 16.8. The van der Waals surface area contributed by atoms with Crippen LogP contribution >= 0.6 is 0 Å². The molecule has 3 aromatic rings. The molecule has 0 radical (unpaired) electrons. The Balaban J connectivity index is 1.76. The van der Waals surface area contributed by atoms with Crippen LogP contribution in [0.1, 0.15) is 32.5 Å². The highest BCUT2D eigenvalue weighted by Crippen LogP contribution is 2.28. The SMILES string of the molecule is CC(C)(C)C(N)c1cn(CCn2cnc3ccccc3c2=O)nn1. The number of rotatable bonds is 4. The molecule has 0 spiro atoms. The predicted molar refractivity (Wildman–Crippen MR) is 92.4 cm³/mol. The number of para-hydroxylation sites is 1. The van der Waals surface area contributed by atoms with Crippen molar-refractivity contribution in [1.82, 2.24) is 24.5 Å². The molecule has 0 aliphatic carbocycles. The highest BCUT2D eigenvalue weighted by atomic mass is 16.1. The maximum absolute atomic E-state index is 12.5. The lowest BCUT2D eigenvalue weighted by molar-refractivity contribution is 0.321. The molecule has 7 nitrogen and oxygen atoms in total. The molecule has 126 valence electrons. The largest absolute Gasteiger partial charge is 0.322 e. The van der Waals surface area contributed by atoms with Crippen LogP contribution in [0.25, 0.3) is 10.9 Å². The standard InChI is InChI=1S/C17H22N6O/c1-17(2,3)15(18)14-10-23(21-20-14)9-8-22-11-19-13-7-5-4-6-12(13)16(22)24/h4-7,10-11,15H,8-9,18H2,1-3H3. The third-order valence-electron chi connectivity index (χ3n) is 4.11. The smallest absolute Gasteiger partial charge is 0.261 e. The zero-order valence-corrected chi connectivity index (χ0v) is 14.2. The molecule has 7 heteroatoms. The third kappa shape index (κ3) is 3.21. The Morgan fingerprint density at radius 1 is 1.21 bits per heavy atom. The molecule has 0 saturated carbocycles. The summed E-state index contributed by atoms with van der Waals surface area (Å²) in [6, 6.07) is 7.15. The highest BCUT2D eigenvalue weighted by Gasteiger charge is 2.24. The molecular formula is C17H22N6O. The van der Waals surface area contributed by atoms with E-state index >= 15 is 0 Å². The average Bonchev–Trinajstić information content (AvgIpc) is 3.01. The van der Waals surface area contributed by atoms with Gasteiger partial charge in [0, 0.05) is 6.54 Å². The molecule has 0 amide bonds. The van der Waals surface area contributed by atoms with Crippen LogP contribution in [0.5, 0.6) is 0 Å². The molecule has 1 unspecified atom stereocenters. The lowest BCUT2D eigenvalue weighted by Gasteiger charge is -2.24. The molecule has 1 atom stereocenters. The van der Waals surface area contributed by atoms with Crippen molar-refractivity contribution < 1.29 is 0 Å². The van der Waals surface area contributed by atoms with Gasteiger partial charge in [-0.3, -0.25) is 14.0 Å². The van der Waals surface area contributed by atoms with Crippen molar-refractivity contribution in [2.45, 2.75) is 39.9 Å². The van der Waals surface area contributed by atoms with Gasteiger partial charge in [-0.15, -0.1) is 5.10 Å². The van der Waals surface area contributed by atoms with Gasteiger partial charge in [-0.05, 0) is 17.5 Å². The first-order valence-corrected chi connectivity index (χ1v) is 7.96. The maximum Gasteiger partial charge on any atom is 0.261 e. The van der Waals surface area contributed by atoms with Crippen LogP contribution in [0.2, 0.25) is 0 Å². The van der Waals surface area contributed by atoms with Gasteiger partial charge < -0.3 is 5.73 Å². The highest BCUT2D eigenvalue weighted by molar-refractivity contribution is 5.76.